The molecule has 1 unspecified atom stereocenters. The average molecular weight is 338 g/mol. The number of aromatic nitrogens is 1. The molecule has 0 aliphatic rings. The van der Waals surface area contributed by atoms with E-state index < -0.39 is 6.04 Å². The Labute approximate surface area is 145 Å². The van der Waals surface area contributed by atoms with Gasteiger partial charge in [0.1, 0.15) is 6.04 Å². The maximum Gasteiger partial charge on any atom is 0.245 e. The fourth-order valence-electron chi connectivity index (χ4n) is 2.38. The van der Waals surface area contributed by atoms with Crippen LogP contribution in [-0.4, -0.2) is 10.9 Å². The van der Waals surface area contributed by atoms with Crippen LogP contribution in [0.4, 0.5) is 5.69 Å². The number of hydrogen-bond donors (Lipinski definition) is 2. The highest BCUT2D eigenvalue weighted by Gasteiger charge is 2.18. The van der Waals surface area contributed by atoms with E-state index in [1.807, 2.05) is 36.4 Å². The molecule has 1 aromatic heterocycles. The zero-order chi connectivity index (χ0) is 16.9. The Morgan fingerprint density at radius 1 is 0.958 bits per heavy atom. The van der Waals surface area contributed by atoms with Crippen molar-refractivity contribution in [3.05, 3.63) is 83.6 Å². The zero-order valence-electron chi connectivity index (χ0n) is 12.8. The van der Waals surface area contributed by atoms with E-state index in [0.717, 1.165) is 11.1 Å². The van der Waals surface area contributed by atoms with Crippen molar-refractivity contribution in [2.24, 2.45) is 5.73 Å². The van der Waals surface area contributed by atoms with E-state index in [4.69, 9.17) is 17.3 Å². The van der Waals surface area contributed by atoms with Crippen molar-refractivity contribution in [3.8, 4) is 11.1 Å². The summed E-state index contributed by atoms with van der Waals surface area (Å²) >= 11 is 6.09. The summed E-state index contributed by atoms with van der Waals surface area (Å²) in [6.07, 6.45) is 3.49. The second kappa shape index (κ2) is 7.25. The molecular weight excluding hydrogens is 322 g/mol. The minimum absolute atomic E-state index is 0.306. The molecule has 120 valence electrons. The van der Waals surface area contributed by atoms with Crippen LogP contribution >= 0.6 is 11.6 Å². The highest BCUT2D eigenvalue weighted by molar-refractivity contribution is 6.31. The van der Waals surface area contributed by atoms with Gasteiger partial charge in [0, 0.05) is 23.1 Å². The number of amides is 1. The average Bonchev–Trinajstić information content (AvgIpc) is 2.63. The predicted molar refractivity (Wildman–Crippen MR) is 96.7 cm³/mol. The summed E-state index contributed by atoms with van der Waals surface area (Å²) in [4.78, 5) is 16.3. The molecule has 0 saturated heterocycles. The van der Waals surface area contributed by atoms with E-state index in [9.17, 15) is 4.79 Å². The number of pyridine rings is 1. The van der Waals surface area contributed by atoms with Crippen LogP contribution in [-0.2, 0) is 4.79 Å². The van der Waals surface area contributed by atoms with E-state index in [1.54, 1.807) is 36.7 Å². The first-order valence-corrected chi connectivity index (χ1v) is 7.84. The number of rotatable bonds is 4. The Balaban J connectivity index is 1.72. The summed E-state index contributed by atoms with van der Waals surface area (Å²) in [6, 6.07) is 17.7. The minimum atomic E-state index is -0.821. The van der Waals surface area contributed by atoms with E-state index >= 15 is 0 Å². The molecule has 0 spiro atoms. The normalized spacial score (nSPS) is 11.8. The Morgan fingerprint density at radius 2 is 1.58 bits per heavy atom. The zero-order valence-corrected chi connectivity index (χ0v) is 13.6. The third-order valence-corrected chi connectivity index (χ3v) is 4.03. The molecule has 3 rings (SSSR count). The molecule has 0 fully saturated rings. The van der Waals surface area contributed by atoms with E-state index in [0.29, 0.717) is 16.3 Å². The lowest BCUT2D eigenvalue weighted by Crippen LogP contribution is -2.27. The summed E-state index contributed by atoms with van der Waals surface area (Å²) < 4.78 is 0. The number of carbonyl (C=O) groups is 1. The van der Waals surface area contributed by atoms with E-state index in [-0.39, 0.29) is 5.91 Å². The lowest BCUT2D eigenvalue weighted by atomic mass is 10.1. The van der Waals surface area contributed by atoms with Crippen molar-refractivity contribution >= 4 is 23.2 Å². The van der Waals surface area contributed by atoms with Gasteiger partial charge in [-0.15, -0.1) is 0 Å². The smallest absolute Gasteiger partial charge is 0.245 e. The molecule has 0 bridgehead atoms. The van der Waals surface area contributed by atoms with Gasteiger partial charge < -0.3 is 11.1 Å². The number of nitrogens with one attached hydrogen (secondary N) is 1. The molecule has 1 amide bonds. The quantitative estimate of drug-likeness (QED) is 0.755. The second-order valence-corrected chi connectivity index (χ2v) is 5.71. The maximum atomic E-state index is 12.3. The Kier molecular flexibility index (Phi) is 4.89. The lowest BCUT2D eigenvalue weighted by molar-refractivity contribution is -0.117. The van der Waals surface area contributed by atoms with Gasteiger partial charge in [-0.25, -0.2) is 0 Å². The van der Waals surface area contributed by atoms with Crippen molar-refractivity contribution in [1.82, 2.24) is 4.98 Å². The van der Waals surface area contributed by atoms with Crippen molar-refractivity contribution < 1.29 is 4.79 Å². The summed E-state index contributed by atoms with van der Waals surface area (Å²) in [6.45, 7) is 0. The summed E-state index contributed by atoms with van der Waals surface area (Å²) in [5.74, 6) is -0.306. The summed E-state index contributed by atoms with van der Waals surface area (Å²) in [7, 11) is 0. The number of nitrogens with zero attached hydrogens (tertiary/aromatic N) is 1. The number of nitrogens with two attached hydrogens (primary N) is 1. The van der Waals surface area contributed by atoms with Gasteiger partial charge in [0.2, 0.25) is 5.91 Å². The number of carbonyl (C=O) groups excluding carboxylic acids is 1. The number of halogens is 1. The summed E-state index contributed by atoms with van der Waals surface area (Å²) in [5.41, 5.74) is 9.40. The first-order chi connectivity index (χ1) is 11.6. The molecular formula is C19H16ClN3O. The first kappa shape index (κ1) is 16.2. The molecule has 5 heteroatoms. The van der Waals surface area contributed by atoms with Crippen LogP contribution in [0, 0.1) is 0 Å². The molecule has 24 heavy (non-hydrogen) atoms. The van der Waals surface area contributed by atoms with Crippen LogP contribution < -0.4 is 11.1 Å². The highest BCUT2D eigenvalue weighted by Crippen LogP contribution is 2.24. The Hall–Kier alpha value is -2.69. The minimum Gasteiger partial charge on any atom is -0.324 e. The van der Waals surface area contributed by atoms with Gasteiger partial charge in [0.25, 0.3) is 0 Å². The predicted octanol–water partition coefficient (Wildman–Crippen LogP) is 4.04. The van der Waals surface area contributed by atoms with Crippen LogP contribution in [0.2, 0.25) is 5.02 Å². The van der Waals surface area contributed by atoms with Gasteiger partial charge in [-0.3, -0.25) is 9.78 Å². The molecule has 4 nitrogen and oxygen atoms in total. The van der Waals surface area contributed by atoms with Gasteiger partial charge in [-0.2, -0.15) is 0 Å². The largest absolute Gasteiger partial charge is 0.324 e. The second-order valence-electron chi connectivity index (χ2n) is 5.30. The van der Waals surface area contributed by atoms with Gasteiger partial charge in [0.15, 0.2) is 0 Å². The van der Waals surface area contributed by atoms with Crippen LogP contribution in [0.25, 0.3) is 11.1 Å². The Bertz CT molecular complexity index is 835. The molecule has 0 radical (unpaired) electrons. The number of hydrogen-bond acceptors (Lipinski definition) is 3. The van der Waals surface area contributed by atoms with Crippen LogP contribution in [0.3, 0.4) is 0 Å². The molecule has 1 heterocycles. The van der Waals surface area contributed by atoms with Crippen molar-refractivity contribution in [2.45, 2.75) is 6.04 Å². The molecule has 3 aromatic rings. The molecule has 0 aliphatic carbocycles. The Morgan fingerprint density at radius 3 is 2.25 bits per heavy atom. The summed E-state index contributed by atoms with van der Waals surface area (Å²) in [5, 5.41) is 3.29. The topological polar surface area (TPSA) is 68.0 Å². The first-order valence-electron chi connectivity index (χ1n) is 7.46. The fraction of sp³-hybridized carbons (Fsp3) is 0.0526. The molecule has 0 aliphatic heterocycles. The monoisotopic (exact) mass is 337 g/mol. The third-order valence-electron chi connectivity index (χ3n) is 3.69. The van der Waals surface area contributed by atoms with Crippen LogP contribution in [0.5, 0.6) is 0 Å². The van der Waals surface area contributed by atoms with Crippen molar-refractivity contribution in [1.29, 1.82) is 0 Å². The number of benzene rings is 2. The molecule has 3 N–H and O–H groups in total. The van der Waals surface area contributed by atoms with Crippen LogP contribution in [0.15, 0.2) is 73.1 Å². The fourth-order valence-corrected chi connectivity index (χ4v) is 2.63. The van der Waals surface area contributed by atoms with Gasteiger partial charge in [-0.1, -0.05) is 41.9 Å². The van der Waals surface area contributed by atoms with E-state index in [2.05, 4.69) is 10.3 Å². The maximum absolute atomic E-state index is 12.3. The standard InChI is InChI=1S/C19H16ClN3O/c20-17-4-2-1-3-16(17)18(21)19(24)23-15-7-5-13(6-8-15)14-9-11-22-12-10-14/h1-12,18H,21H2,(H,23,24). The number of anilines is 1. The van der Waals surface area contributed by atoms with E-state index in [1.165, 1.54) is 0 Å². The molecule has 0 saturated carbocycles. The van der Waals surface area contributed by atoms with Gasteiger partial charge in [-0.05, 0) is 47.0 Å². The van der Waals surface area contributed by atoms with Gasteiger partial charge >= 0.3 is 0 Å². The molecule has 1 atom stereocenters. The van der Waals surface area contributed by atoms with Gasteiger partial charge in [0.05, 0.1) is 0 Å². The third kappa shape index (κ3) is 3.62. The SMILES string of the molecule is NC(C(=O)Nc1ccc(-c2ccncc2)cc1)c1ccccc1Cl. The highest BCUT2D eigenvalue weighted by atomic mass is 35.5. The molecule has 2 aromatic carbocycles. The van der Waals surface area contributed by atoms with Crippen molar-refractivity contribution in [3.63, 3.8) is 0 Å². The lowest BCUT2D eigenvalue weighted by Gasteiger charge is -2.14. The van der Waals surface area contributed by atoms with Crippen molar-refractivity contribution in [2.75, 3.05) is 5.32 Å². The van der Waals surface area contributed by atoms with Crippen LogP contribution in [0.1, 0.15) is 11.6 Å².